The lowest BCUT2D eigenvalue weighted by Crippen LogP contribution is -2.59. The Morgan fingerprint density at radius 1 is 1.18 bits per heavy atom. The number of esters is 1. The molecule has 4 nitrogen and oxygen atoms in total. The summed E-state index contributed by atoms with van der Waals surface area (Å²) >= 11 is 0. The van der Waals surface area contributed by atoms with Crippen LogP contribution in [0.25, 0.3) is 0 Å². The molecule has 120 valence electrons. The van der Waals surface area contributed by atoms with Crippen LogP contribution in [0.15, 0.2) is 30.3 Å². The molecule has 1 aromatic carbocycles. The third kappa shape index (κ3) is 3.03. The second-order valence-electron chi connectivity index (χ2n) is 6.99. The Labute approximate surface area is 133 Å². The number of hydrogen-bond acceptors (Lipinski definition) is 4. The van der Waals surface area contributed by atoms with Crippen molar-refractivity contribution in [1.29, 1.82) is 0 Å². The van der Waals surface area contributed by atoms with Crippen LogP contribution < -0.4 is 0 Å². The van der Waals surface area contributed by atoms with Gasteiger partial charge in [0.25, 0.3) is 0 Å². The summed E-state index contributed by atoms with van der Waals surface area (Å²) in [6.45, 7) is 2.04. The molecule has 2 unspecified atom stereocenters. The molecule has 22 heavy (non-hydrogen) atoms. The van der Waals surface area contributed by atoms with Crippen molar-refractivity contribution in [3.63, 3.8) is 0 Å². The van der Waals surface area contributed by atoms with Crippen molar-refractivity contribution in [2.45, 2.75) is 25.0 Å². The van der Waals surface area contributed by atoms with Gasteiger partial charge in [-0.25, -0.2) is 4.79 Å². The van der Waals surface area contributed by atoms with E-state index in [-0.39, 0.29) is 12.1 Å². The van der Waals surface area contributed by atoms with E-state index in [0.717, 1.165) is 19.5 Å². The third-order valence-corrected chi connectivity index (χ3v) is 5.20. The van der Waals surface area contributed by atoms with E-state index in [1.54, 1.807) is 0 Å². The number of likely N-dealkylation sites (tertiary alicyclic amines) is 1. The van der Waals surface area contributed by atoms with Gasteiger partial charge in [0, 0.05) is 31.0 Å². The number of ether oxygens (including phenoxy) is 1. The first-order valence-corrected chi connectivity index (χ1v) is 8.17. The zero-order valence-corrected chi connectivity index (χ0v) is 13.7. The summed E-state index contributed by atoms with van der Waals surface area (Å²) in [7, 11) is 6.44. The Balaban J connectivity index is 1.78. The molecule has 0 amide bonds. The van der Waals surface area contributed by atoms with Gasteiger partial charge in [-0.2, -0.15) is 0 Å². The van der Waals surface area contributed by atoms with Crippen molar-refractivity contribution in [3.05, 3.63) is 35.9 Å². The Hall–Kier alpha value is -1.39. The molecule has 1 heterocycles. The minimum atomic E-state index is -0.176. The highest BCUT2D eigenvalue weighted by atomic mass is 16.5. The van der Waals surface area contributed by atoms with Gasteiger partial charge in [-0.3, -0.25) is 0 Å². The van der Waals surface area contributed by atoms with Crippen LogP contribution in [0, 0.1) is 11.8 Å². The van der Waals surface area contributed by atoms with E-state index in [9.17, 15) is 4.79 Å². The van der Waals surface area contributed by atoms with Gasteiger partial charge in [0.15, 0.2) is 0 Å². The van der Waals surface area contributed by atoms with Gasteiger partial charge in [0.05, 0.1) is 5.56 Å². The highest BCUT2D eigenvalue weighted by molar-refractivity contribution is 5.89. The van der Waals surface area contributed by atoms with Gasteiger partial charge >= 0.3 is 5.97 Å². The van der Waals surface area contributed by atoms with E-state index in [4.69, 9.17) is 4.74 Å². The molecule has 2 aliphatic rings. The summed E-state index contributed by atoms with van der Waals surface area (Å²) in [5.74, 6) is 0.692. The van der Waals surface area contributed by atoms with Crippen LogP contribution in [0.4, 0.5) is 0 Å². The minimum absolute atomic E-state index is 0.0463. The van der Waals surface area contributed by atoms with Gasteiger partial charge in [-0.15, -0.1) is 0 Å². The van der Waals surface area contributed by atoms with Crippen molar-refractivity contribution >= 4 is 5.97 Å². The van der Waals surface area contributed by atoms with E-state index in [1.165, 1.54) is 6.42 Å². The second kappa shape index (κ2) is 6.39. The summed E-state index contributed by atoms with van der Waals surface area (Å²) in [6, 6.07) is 9.84. The van der Waals surface area contributed by atoms with Crippen molar-refractivity contribution in [2.75, 3.05) is 34.2 Å². The van der Waals surface area contributed by atoms with Crippen molar-refractivity contribution < 1.29 is 9.53 Å². The largest absolute Gasteiger partial charge is 0.458 e. The van der Waals surface area contributed by atoms with Crippen LogP contribution in [0.1, 0.15) is 23.2 Å². The molecular formula is C18H26N2O2. The highest BCUT2D eigenvalue weighted by Crippen LogP contribution is 2.38. The summed E-state index contributed by atoms with van der Waals surface area (Å²) in [6.07, 6.45) is 2.39. The Morgan fingerprint density at radius 3 is 2.59 bits per heavy atom. The Morgan fingerprint density at radius 2 is 1.91 bits per heavy atom. The summed E-state index contributed by atoms with van der Waals surface area (Å²) in [4.78, 5) is 17.1. The third-order valence-electron chi connectivity index (χ3n) is 5.20. The smallest absolute Gasteiger partial charge is 0.338 e. The lowest BCUT2D eigenvalue weighted by Gasteiger charge is -2.50. The molecule has 4 atom stereocenters. The Kier molecular flexibility index (Phi) is 4.50. The molecule has 3 rings (SSSR count). The first kappa shape index (κ1) is 15.5. The van der Waals surface area contributed by atoms with Crippen LogP contribution in [-0.2, 0) is 4.74 Å². The van der Waals surface area contributed by atoms with E-state index in [2.05, 4.69) is 30.9 Å². The number of hydrogen-bond donors (Lipinski definition) is 0. The lowest BCUT2D eigenvalue weighted by molar-refractivity contribution is -0.0873. The lowest BCUT2D eigenvalue weighted by atomic mass is 9.72. The molecule has 4 heteroatoms. The van der Waals surface area contributed by atoms with Gasteiger partial charge in [-0.1, -0.05) is 18.2 Å². The molecular weight excluding hydrogens is 276 g/mol. The number of carbonyl (C=O) groups is 1. The monoisotopic (exact) mass is 302 g/mol. The molecule has 0 radical (unpaired) electrons. The summed E-state index contributed by atoms with van der Waals surface area (Å²) < 4.78 is 5.98. The summed E-state index contributed by atoms with van der Waals surface area (Å²) in [5.41, 5.74) is 0.654. The van der Waals surface area contributed by atoms with Crippen LogP contribution in [0.3, 0.4) is 0 Å². The van der Waals surface area contributed by atoms with E-state index in [1.807, 2.05) is 30.3 Å². The standard InChI is InChI=1S/C18H26N2O2/c1-19(2)16-10-9-14-11-20(3)12-15(16)17(14)22-18(21)13-7-5-4-6-8-13/h4-8,14-17H,9-12H2,1-3H3/t14?,15?,16-,17+/m0/s1. The second-order valence-corrected chi connectivity index (χ2v) is 6.99. The average Bonchev–Trinajstić information content (AvgIpc) is 2.49. The predicted octanol–water partition coefficient (Wildman–Crippen LogP) is 2.11. The fraction of sp³-hybridized carbons (Fsp3) is 0.611. The minimum Gasteiger partial charge on any atom is -0.458 e. The van der Waals surface area contributed by atoms with Gasteiger partial charge in [0.2, 0.25) is 0 Å². The van der Waals surface area contributed by atoms with E-state index < -0.39 is 0 Å². The highest BCUT2D eigenvalue weighted by Gasteiger charge is 2.46. The molecule has 2 bridgehead atoms. The van der Waals surface area contributed by atoms with Crippen LogP contribution in [0.5, 0.6) is 0 Å². The number of fused-ring (bicyclic) bond motifs is 2. The van der Waals surface area contributed by atoms with Crippen LogP contribution in [-0.4, -0.2) is 62.1 Å². The molecule has 2 fully saturated rings. The summed E-state index contributed by atoms with van der Waals surface area (Å²) in [5, 5.41) is 0. The maximum Gasteiger partial charge on any atom is 0.338 e. The predicted molar refractivity (Wildman–Crippen MR) is 86.8 cm³/mol. The molecule has 1 aliphatic carbocycles. The van der Waals surface area contributed by atoms with Crippen molar-refractivity contribution in [2.24, 2.45) is 11.8 Å². The molecule has 1 aromatic rings. The fourth-order valence-corrected chi connectivity index (χ4v) is 4.18. The molecule has 0 spiro atoms. The number of piperidine rings is 1. The van der Waals surface area contributed by atoms with Crippen molar-refractivity contribution in [3.8, 4) is 0 Å². The number of nitrogens with zero attached hydrogens (tertiary/aromatic N) is 2. The van der Waals surface area contributed by atoms with Crippen LogP contribution in [0.2, 0.25) is 0 Å². The molecule has 1 aliphatic heterocycles. The Bertz CT molecular complexity index is 517. The van der Waals surface area contributed by atoms with Gasteiger partial charge in [-0.05, 0) is 46.1 Å². The maximum absolute atomic E-state index is 12.5. The normalized spacial score (nSPS) is 32.0. The molecule has 1 saturated carbocycles. The zero-order valence-electron chi connectivity index (χ0n) is 13.7. The van der Waals surface area contributed by atoms with Crippen LogP contribution >= 0.6 is 0 Å². The quantitative estimate of drug-likeness (QED) is 0.801. The number of benzene rings is 1. The first-order valence-electron chi connectivity index (χ1n) is 8.17. The molecule has 0 aromatic heterocycles. The number of carbonyl (C=O) groups excluding carboxylic acids is 1. The topological polar surface area (TPSA) is 32.8 Å². The maximum atomic E-state index is 12.5. The van der Waals surface area contributed by atoms with E-state index in [0.29, 0.717) is 23.4 Å². The number of rotatable bonds is 3. The zero-order chi connectivity index (χ0) is 15.7. The molecule has 0 N–H and O–H groups in total. The SMILES string of the molecule is CN1CC2CC[C@H](N(C)C)C(C1)[C@@H]2OC(=O)c1ccccc1. The van der Waals surface area contributed by atoms with Crippen molar-refractivity contribution in [1.82, 2.24) is 9.80 Å². The van der Waals surface area contributed by atoms with Gasteiger partial charge < -0.3 is 14.5 Å². The molecule has 1 saturated heterocycles. The van der Waals surface area contributed by atoms with Gasteiger partial charge in [0.1, 0.15) is 6.10 Å². The first-order chi connectivity index (χ1) is 10.6. The van der Waals surface area contributed by atoms with E-state index >= 15 is 0 Å². The fourth-order valence-electron chi connectivity index (χ4n) is 4.18. The average molecular weight is 302 g/mol.